The van der Waals surface area contributed by atoms with Crippen LogP contribution in [0.3, 0.4) is 0 Å². The van der Waals surface area contributed by atoms with Crippen LogP contribution in [0.2, 0.25) is 0 Å². The van der Waals surface area contributed by atoms with Gasteiger partial charge in [0.25, 0.3) is 0 Å². The molecule has 0 aliphatic rings. The number of aryl methyl sites for hydroxylation is 2. The van der Waals surface area contributed by atoms with Crippen LogP contribution in [0.5, 0.6) is 0 Å². The van der Waals surface area contributed by atoms with Crippen LogP contribution in [-0.2, 0) is 11.3 Å². The number of hydrogen-bond acceptors (Lipinski definition) is 3. The Bertz CT molecular complexity index is 313. The van der Waals surface area contributed by atoms with Crippen molar-refractivity contribution in [3.63, 3.8) is 0 Å². The van der Waals surface area contributed by atoms with E-state index >= 15 is 0 Å². The first-order valence-electron chi connectivity index (χ1n) is 6.07. The molecule has 17 heavy (non-hydrogen) atoms. The Kier molecular flexibility index (Phi) is 6.19. The number of rotatable bonds is 7. The SMILES string of the molecule is COCC(CCO)NCc1c(C)cccc1C. The molecule has 1 unspecified atom stereocenters. The molecule has 0 amide bonds. The zero-order valence-corrected chi connectivity index (χ0v) is 11.0. The van der Waals surface area contributed by atoms with Crippen LogP contribution in [0.1, 0.15) is 23.1 Å². The molecule has 3 nitrogen and oxygen atoms in total. The second-order valence-electron chi connectivity index (χ2n) is 4.42. The number of aliphatic hydroxyl groups excluding tert-OH is 1. The number of benzene rings is 1. The summed E-state index contributed by atoms with van der Waals surface area (Å²) in [6, 6.07) is 6.54. The van der Waals surface area contributed by atoms with Crippen LogP contribution in [0, 0.1) is 13.8 Å². The van der Waals surface area contributed by atoms with Gasteiger partial charge in [0.05, 0.1) is 6.61 Å². The second-order valence-corrected chi connectivity index (χ2v) is 4.42. The van der Waals surface area contributed by atoms with Crippen LogP contribution in [0.25, 0.3) is 0 Å². The number of nitrogens with one attached hydrogen (secondary N) is 1. The minimum atomic E-state index is 0.188. The van der Waals surface area contributed by atoms with Gasteiger partial charge < -0.3 is 15.2 Å². The van der Waals surface area contributed by atoms with E-state index in [-0.39, 0.29) is 12.6 Å². The summed E-state index contributed by atoms with van der Waals surface area (Å²) in [5, 5.41) is 12.4. The lowest BCUT2D eigenvalue weighted by Crippen LogP contribution is -2.34. The molecule has 0 radical (unpaired) electrons. The van der Waals surface area contributed by atoms with Gasteiger partial charge in [0, 0.05) is 26.3 Å². The average molecular weight is 237 g/mol. The molecule has 0 aliphatic heterocycles. The average Bonchev–Trinajstić information content (AvgIpc) is 2.29. The second kappa shape index (κ2) is 7.43. The van der Waals surface area contributed by atoms with Gasteiger partial charge in [-0.25, -0.2) is 0 Å². The molecule has 0 spiro atoms. The highest BCUT2D eigenvalue weighted by atomic mass is 16.5. The standard InChI is InChI=1S/C14H23NO2/c1-11-5-4-6-12(2)14(11)9-15-13(7-8-16)10-17-3/h4-6,13,15-16H,7-10H2,1-3H3. The molecule has 0 saturated carbocycles. The lowest BCUT2D eigenvalue weighted by molar-refractivity contribution is 0.148. The smallest absolute Gasteiger partial charge is 0.0616 e. The predicted octanol–water partition coefficient (Wildman–Crippen LogP) is 1.79. The van der Waals surface area contributed by atoms with Crippen LogP contribution >= 0.6 is 0 Å². The maximum Gasteiger partial charge on any atom is 0.0616 e. The van der Waals surface area contributed by atoms with Crippen molar-refractivity contribution >= 4 is 0 Å². The van der Waals surface area contributed by atoms with Gasteiger partial charge >= 0.3 is 0 Å². The molecule has 0 fully saturated rings. The molecule has 1 aromatic carbocycles. The first kappa shape index (κ1) is 14.2. The fourth-order valence-electron chi connectivity index (χ4n) is 1.98. The summed E-state index contributed by atoms with van der Waals surface area (Å²) in [5.74, 6) is 0. The summed E-state index contributed by atoms with van der Waals surface area (Å²) in [6.07, 6.45) is 0.721. The number of methoxy groups -OCH3 is 1. The lowest BCUT2D eigenvalue weighted by atomic mass is 10.0. The van der Waals surface area contributed by atoms with Crippen LogP contribution in [0.15, 0.2) is 18.2 Å². The van der Waals surface area contributed by atoms with E-state index in [9.17, 15) is 0 Å². The van der Waals surface area contributed by atoms with Gasteiger partial charge in [-0.05, 0) is 37.0 Å². The van der Waals surface area contributed by atoms with Crippen molar-refractivity contribution in [2.45, 2.75) is 32.9 Å². The van der Waals surface area contributed by atoms with Gasteiger partial charge in [-0.3, -0.25) is 0 Å². The van der Waals surface area contributed by atoms with E-state index < -0.39 is 0 Å². The van der Waals surface area contributed by atoms with Gasteiger partial charge in [0.2, 0.25) is 0 Å². The number of ether oxygens (including phenoxy) is 1. The zero-order chi connectivity index (χ0) is 12.7. The molecule has 1 atom stereocenters. The Hall–Kier alpha value is -0.900. The van der Waals surface area contributed by atoms with Gasteiger partial charge in [-0.1, -0.05) is 18.2 Å². The molecule has 2 N–H and O–H groups in total. The highest BCUT2D eigenvalue weighted by molar-refractivity contribution is 5.33. The third kappa shape index (κ3) is 4.46. The normalized spacial score (nSPS) is 12.7. The van der Waals surface area contributed by atoms with E-state index in [0.717, 1.165) is 13.0 Å². The molecule has 3 heteroatoms. The third-order valence-electron chi connectivity index (χ3n) is 3.06. The maximum atomic E-state index is 8.97. The van der Waals surface area contributed by atoms with E-state index in [0.29, 0.717) is 6.61 Å². The van der Waals surface area contributed by atoms with Crippen molar-refractivity contribution in [1.29, 1.82) is 0 Å². The predicted molar refractivity (Wildman–Crippen MR) is 70.1 cm³/mol. The minimum absolute atomic E-state index is 0.188. The maximum absolute atomic E-state index is 8.97. The van der Waals surface area contributed by atoms with Crippen LogP contribution < -0.4 is 5.32 Å². The summed E-state index contributed by atoms with van der Waals surface area (Å²) >= 11 is 0. The highest BCUT2D eigenvalue weighted by Gasteiger charge is 2.08. The summed E-state index contributed by atoms with van der Waals surface area (Å²) in [5.41, 5.74) is 3.95. The Morgan fingerprint density at radius 2 is 1.94 bits per heavy atom. The summed E-state index contributed by atoms with van der Waals surface area (Å²) in [4.78, 5) is 0. The lowest BCUT2D eigenvalue weighted by Gasteiger charge is -2.18. The van der Waals surface area contributed by atoms with Gasteiger partial charge in [-0.2, -0.15) is 0 Å². The van der Waals surface area contributed by atoms with Crippen LogP contribution in [0.4, 0.5) is 0 Å². The highest BCUT2D eigenvalue weighted by Crippen LogP contribution is 2.13. The Morgan fingerprint density at radius 3 is 2.47 bits per heavy atom. The largest absolute Gasteiger partial charge is 0.396 e. The molecular weight excluding hydrogens is 214 g/mol. The molecule has 0 bridgehead atoms. The minimum Gasteiger partial charge on any atom is -0.396 e. The summed E-state index contributed by atoms with van der Waals surface area (Å²) in [6.45, 7) is 5.90. The Labute approximate surface area is 104 Å². The first-order valence-corrected chi connectivity index (χ1v) is 6.07. The van der Waals surface area contributed by atoms with E-state index in [1.54, 1.807) is 7.11 Å². The molecule has 0 aromatic heterocycles. The number of aliphatic hydroxyl groups is 1. The van der Waals surface area contributed by atoms with Crippen molar-refractivity contribution in [3.05, 3.63) is 34.9 Å². The quantitative estimate of drug-likeness (QED) is 0.759. The van der Waals surface area contributed by atoms with E-state index in [1.165, 1.54) is 16.7 Å². The van der Waals surface area contributed by atoms with Crippen molar-refractivity contribution in [2.24, 2.45) is 0 Å². The van der Waals surface area contributed by atoms with E-state index in [1.807, 2.05) is 0 Å². The summed E-state index contributed by atoms with van der Waals surface area (Å²) in [7, 11) is 1.69. The van der Waals surface area contributed by atoms with Crippen molar-refractivity contribution < 1.29 is 9.84 Å². The van der Waals surface area contributed by atoms with Crippen LogP contribution in [-0.4, -0.2) is 31.5 Å². The Balaban J connectivity index is 2.58. The monoisotopic (exact) mass is 237 g/mol. The Morgan fingerprint density at radius 1 is 1.29 bits per heavy atom. The van der Waals surface area contributed by atoms with E-state index in [4.69, 9.17) is 9.84 Å². The van der Waals surface area contributed by atoms with E-state index in [2.05, 4.69) is 37.4 Å². The molecule has 1 rings (SSSR count). The summed E-state index contributed by atoms with van der Waals surface area (Å²) < 4.78 is 5.13. The van der Waals surface area contributed by atoms with Gasteiger partial charge in [0.15, 0.2) is 0 Å². The third-order valence-corrected chi connectivity index (χ3v) is 3.06. The molecule has 1 aromatic rings. The molecule has 0 saturated heterocycles. The molecule has 0 aliphatic carbocycles. The first-order chi connectivity index (χ1) is 8.19. The van der Waals surface area contributed by atoms with Crippen molar-refractivity contribution in [3.8, 4) is 0 Å². The van der Waals surface area contributed by atoms with Crippen molar-refractivity contribution in [2.75, 3.05) is 20.3 Å². The molecule has 96 valence electrons. The molecular formula is C14H23NO2. The van der Waals surface area contributed by atoms with Gasteiger partial charge in [0.1, 0.15) is 0 Å². The zero-order valence-electron chi connectivity index (χ0n) is 11.0. The number of hydrogen-bond donors (Lipinski definition) is 2. The molecule has 0 heterocycles. The fraction of sp³-hybridized carbons (Fsp3) is 0.571. The fourth-order valence-corrected chi connectivity index (χ4v) is 1.98. The van der Waals surface area contributed by atoms with Crippen molar-refractivity contribution in [1.82, 2.24) is 5.32 Å². The topological polar surface area (TPSA) is 41.5 Å². The van der Waals surface area contributed by atoms with Gasteiger partial charge in [-0.15, -0.1) is 0 Å².